The van der Waals surface area contributed by atoms with Crippen molar-refractivity contribution in [3.8, 4) is 0 Å². The second-order valence-electron chi connectivity index (χ2n) is 4.78. The molecule has 1 aliphatic rings. The van der Waals surface area contributed by atoms with Crippen LogP contribution in [0.4, 0.5) is 4.79 Å². The van der Waals surface area contributed by atoms with E-state index in [1.54, 1.807) is 4.90 Å². The Kier molecular flexibility index (Phi) is 4.84. The van der Waals surface area contributed by atoms with Crippen molar-refractivity contribution < 1.29 is 14.7 Å². The number of carboxylic acids is 1. The van der Waals surface area contributed by atoms with Crippen LogP contribution >= 0.6 is 11.6 Å². The highest BCUT2D eigenvalue weighted by molar-refractivity contribution is 6.30. The maximum absolute atomic E-state index is 12.0. The topological polar surface area (TPSA) is 69.6 Å². The number of aliphatic carboxylic acids is 1. The van der Waals surface area contributed by atoms with Crippen molar-refractivity contribution >= 4 is 23.6 Å². The lowest BCUT2D eigenvalue weighted by Gasteiger charge is -2.41. The van der Waals surface area contributed by atoms with Gasteiger partial charge in [0.2, 0.25) is 0 Å². The lowest BCUT2D eigenvalue weighted by Crippen LogP contribution is -2.50. The third-order valence-electron chi connectivity index (χ3n) is 3.38. The van der Waals surface area contributed by atoms with Crippen LogP contribution in [-0.2, 0) is 4.79 Å². The number of nitrogens with zero attached hydrogens (tertiary/aromatic N) is 1. The van der Waals surface area contributed by atoms with Crippen molar-refractivity contribution in [3.05, 3.63) is 34.9 Å². The van der Waals surface area contributed by atoms with Crippen LogP contribution in [0.15, 0.2) is 24.3 Å². The predicted octanol–water partition coefficient (Wildman–Crippen LogP) is 2.66. The summed E-state index contributed by atoms with van der Waals surface area (Å²) in [5.74, 6) is -0.845. The average Bonchev–Trinajstić information content (AvgIpc) is 2.36. The Labute approximate surface area is 122 Å². The molecule has 1 atom stereocenters. The lowest BCUT2D eigenvalue weighted by molar-refractivity contribution is -0.137. The van der Waals surface area contributed by atoms with Gasteiger partial charge in [-0.1, -0.05) is 23.7 Å². The van der Waals surface area contributed by atoms with Gasteiger partial charge in [0, 0.05) is 24.5 Å². The van der Waals surface area contributed by atoms with Gasteiger partial charge in [0.15, 0.2) is 0 Å². The summed E-state index contributed by atoms with van der Waals surface area (Å²) in [6, 6.07) is 7.44. The third kappa shape index (κ3) is 3.63. The molecule has 2 amide bonds. The molecule has 6 heteroatoms. The van der Waals surface area contributed by atoms with Crippen molar-refractivity contribution in [2.75, 3.05) is 13.1 Å². The Morgan fingerprint density at radius 2 is 2.05 bits per heavy atom. The molecule has 1 aromatic rings. The number of rotatable bonds is 5. The van der Waals surface area contributed by atoms with Gasteiger partial charge in [-0.3, -0.25) is 4.79 Å². The zero-order chi connectivity index (χ0) is 14.5. The Morgan fingerprint density at radius 3 is 2.60 bits per heavy atom. The maximum Gasteiger partial charge on any atom is 0.317 e. The first kappa shape index (κ1) is 14.7. The number of likely N-dealkylation sites (tertiary alicyclic amines) is 1. The number of nitrogens with one attached hydrogen (secondary N) is 1. The molecule has 1 aromatic carbocycles. The first-order chi connectivity index (χ1) is 9.58. The zero-order valence-corrected chi connectivity index (χ0v) is 11.8. The minimum absolute atomic E-state index is 0.0703. The smallest absolute Gasteiger partial charge is 0.317 e. The van der Waals surface area contributed by atoms with Crippen LogP contribution in [-0.4, -0.2) is 35.1 Å². The number of carbonyl (C=O) groups excluding carboxylic acids is 1. The molecule has 0 spiro atoms. The first-order valence-electron chi connectivity index (χ1n) is 6.59. The first-order valence-corrected chi connectivity index (χ1v) is 6.97. The van der Waals surface area contributed by atoms with E-state index in [1.165, 1.54) is 0 Å². The fraction of sp³-hybridized carbons (Fsp3) is 0.429. The summed E-state index contributed by atoms with van der Waals surface area (Å²) in [6.45, 7) is 1.10. The lowest BCUT2D eigenvalue weighted by atomic mass is 9.95. The highest BCUT2D eigenvalue weighted by Gasteiger charge is 2.32. The van der Waals surface area contributed by atoms with E-state index in [2.05, 4.69) is 5.32 Å². The van der Waals surface area contributed by atoms with Gasteiger partial charge in [-0.15, -0.1) is 0 Å². The molecule has 108 valence electrons. The summed E-state index contributed by atoms with van der Waals surface area (Å²) >= 11 is 5.85. The quantitative estimate of drug-likeness (QED) is 0.821. The average molecular weight is 297 g/mol. The Balaban J connectivity index is 1.82. The van der Waals surface area contributed by atoms with Gasteiger partial charge in [0.25, 0.3) is 0 Å². The monoisotopic (exact) mass is 296 g/mol. The van der Waals surface area contributed by atoms with Crippen LogP contribution in [0.3, 0.4) is 0 Å². The largest absolute Gasteiger partial charge is 0.481 e. The summed E-state index contributed by atoms with van der Waals surface area (Å²) in [5.41, 5.74) is 1.07. The van der Waals surface area contributed by atoms with Crippen molar-refractivity contribution in [1.29, 1.82) is 0 Å². The molecule has 1 unspecified atom stereocenters. The highest BCUT2D eigenvalue weighted by atomic mass is 35.5. The fourth-order valence-corrected chi connectivity index (χ4v) is 2.32. The van der Waals surface area contributed by atoms with E-state index in [0.717, 1.165) is 18.5 Å². The molecule has 0 radical (unpaired) electrons. The van der Waals surface area contributed by atoms with Crippen molar-refractivity contribution in [3.63, 3.8) is 0 Å². The molecule has 1 fully saturated rings. The number of carbonyl (C=O) groups is 2. The maximum atomic E-state index is 12.0. The van der Waals surface area contributed by atoms with Crippen LogP contribution < -0.4 is 5.32 Å². The van der Waals surface area contributed by atoms with E-state index in [4.69, 9.17) is 16.7 Å². The van der Waals surface area contributed by atoms with Gasteiger partial charge >= 0.3 is 12.0 Å². The normalized spacial score (nSPS) is 17.4. The Morgan fingerprint density at radius 1 is 1.35 bits per heavy atom. The second-order valence-corrected chi connectivity index (χ2v) is 5.22. The van der Waals surface area contributed by atoms with E-state index in [9.17, 15) is 9.59 Å². The van der Waals surface area contributed by atoms with Crippen LogP contribution in [0.5, 0.6) is 0 Å². The molecular formula is C14H17ClN2O3. The van der Waals surface area contributed by atoms with Gasteiger partial charge in [-0.25, -0.2) is 4.79 Å². The van der Waals surface area contributed by atoms with Crippen LogP contribution in [0.25, 0.3) is 0 Å². The summed E-state index contributed by atoms with van der Waals surface area (Å²) < 4.78 is 0. The number of urea groups is 1. The van der Waals surface area contributed by atoms with Crippen LogP contribution in [0.1, 0.15) is 30.9 Å². The summed E-state index contributed by atoms with van der Waals surface area (Å²) in [5, 5.41) is 12.0. The van der Waals surface area contributed by atoms with Gasteiger partial charge in [0.05, 0.1) is 6.04 Å². The van der Waals surface area contributed by atoms with Crippen molar-refractivity contribution in [2.45, 2.75) is 25.3 Å². The van der Waals surface area contributed by atoms with E-state index < -0.39 is 5.97 Å². The Hall–Kier alpha value is -1.75. The third-order valence-corrected chi connectivity index (χ3v) is 3.63. The molecular weight excluding hydrogens is 280 g/mol. The number of halogens is 1. The molecule has 0 bridgehead atoms. The van der Waals surface area contributed by atoms with Crippen molar-refractivity contribution in [1.82, 2.24) is 10.2 Å². The number of benzene rings is 1. The number of carboxylic acid groups (broad SMARTS) is 1. The number of hydrogen-bond acceptors (Lipinski definition) is 2. The highest BCUT2D eigenvalue weighted by Crippen LogP contribution is 2.33. The summed E-state index contributed by atoms with van der Waals surface area (Å²) in [4.78, 5) is 24.1. The zero-order valence-electron chi connectivity index (χ0n) is 11.0. The summed E-state index contributed by atoms with van der Waals surface area (Å²) in [6.07, 6.45) is 1.45. The van der Waals surface area contributed by atoms with Crippen LogP contribution in [0, 0.1) is 0 Å². The molecule has 0 aliphatic carbocycles. The van der Waals surface area contributed by atoms with Gasteiger partial charge < -0.3 is 15.3 Å². The molecule has 1 heterocycles. The molecule has 2 N–H and O–H groups in total. The molecule has 20 heavy (non-hydrogen) atoms. The van der Waals surface area contributed by atoms with E-state index >= 15 is 0 Å². The number of amides is 2. The predicted molar refractivity (Wildman–Crippen MR) is 75.8 cm³/mol. The van der Waals surface area contributed by atoms with E-state index in [-0.39, 0.29) is 18.5 Å². The van der Waals surface area contributed by atoms with E-state index in [0.29, 0.717) is 18.0 Å². The standard InChI is InChI=1S/C14H17ClN2O3/c15-11-5-3-10(4-6-11)12-7-9-17(12)14(20)16-8-1-2-13(18)19/h3-6,12H,1-2,7-9H2,(H,16,20)(H,18,19). The molecule has 1 saturated heterocycles. The fourth-order valence-electron chi connectivity index (χ4n) is 2.20. The van der Waals surface area contributed by atoms with Gasteiger partial charge in [-0.2, -0.15) is 0 Å². The number of hydrogen-bond donors (Lipinski definition) is 2. The molecule has 2 rings (SSSR count). The van der Waals surface area contributed by atoms with Gasteiger partial charge in [0.1, 0.15) is 0 Å². The van der Waals surface area contributed by atoms with Crippen molar-refractivity contribution in [2.24, 2.45) is 0 Å². The van der Waals surface area contributed by atoms with Crippen LogP contribution in [0.2, 0.25) is 5.02 Å². The molecule has 5 nitrogen and oxygen atoms in total. The molecule has 0 saturated carbocycles. The van der Waals surface area contributed by atoms with Gasteiger partial charge in [-0.05, 0) is 30.5 Å². The van der Waals surface area contributed by atoms with E-state index in [1.807, 2.05) is 24.3 Å². The minimum Gasteiger partial charge on any atom is -0.481 e. The second kappa shape index (κ2) is 6.61. The molecule has 0 aromatic heterocycles. The SMILES string of the molecule is O=C(O)CCCNC(=O)N1CCC1c1ccc(Cl)cc1. The minimum atomic E-state index is -0.845. The Bertz CT molecular complexity index is 490. The molecule has 1 aliphatic heterocycles. The summed E-state index contributed by atoms with van der Waals surface area (Å²) in [7, 11) is 0.